The minimum Gasteiger partial charge on any atom is -0.463 e. The molecule has 1 saturated heterocycles. The molecule has 0 radical (unpaired) electrons. The number of likely N-dealkylation sites (N-methyl/N-ethyl adjacent to an activating group) is 1. The van der Waals surface area contributed by atoms with Gasteiger partial charge in [0.05, 0.1) is 18.2 Å². The number of esters is 1. The molecule has 0 aromatic heterocycles. The van der Waals surface area contributed by atoms with Crippen LogP contribution in [0.1, 0.15) is 46.2 Å². The van der Waals surface area contributed by atoms with Gasteiger partial charge in [-0.3, -0.25) is 9.80 Å². The number of halogens is 1. The molecule has 0 bridgehead atoms. The lowest BCUT2D eigenvalue weighted by atomic mass is 9.94. The lowest BCUT2D eigenvalue weighted by Crippen LogP contribution is -2.58. The molecule has 4 amide bonds. The van der Waals surface area contributed by atoms with Gasteiger partial charge in [-0.25, -0.2) is 14.4 Å². The van der Waals surface area contributed by atoms with Crippen molar-refractivity contribution >= 4 is 29.6 Å². The van der Waals surface area contributed by atoms with Gasteiger partial charge < -0.3 is 20.3 Å². The summed E-state index contributed by atoms with van der Waals surface area (Å²) in [6.07, 6.45) is 0. The Morgan fingerprint density at radius 1 is 1.23 bits per heavy atom. The predicted molar refractivity (Wildman–Crippen MR) is 135 cm³/mol. The van der Waals surface area contributed by atoms with Gasteiger partial charge in [-0.2, -0.15) is 0 Å². The van der Waals surface area contributed by atoms with E-state index in [1.807, 2.05) is 38.7 Å². The van der Waals surface area contributed by atoms with Gasteiger partial charge in [-0.05, 0) is 46.2 Å². The van der Waals surface area contributed by atoms with Gasteiger partial charge in [0.15, 0.2) is 0 Å². The second-order valence-corrected chi connectivity index (χ2v) is 9.52. The topological polar surface area (TPSA) is 94.2 Å². The zero-order chi connectivity index (χ0) is 25.7. The zero-order valence-electron chi connectivity index (χ0n) is 21.1. The lowest BCUT2D eigenvalue weighted by molar-refractivity contribution is -0.139. The van der Waals surface area contributed by atoms with Crippen LogP contribution in [0.15, 0.2) is 35.5 Å². The Balaban J connectivity index is 1.95. The van der Waals surface area contributed by atoms with Gasteiger partial charge in [0.1, 0.15) is 0 Å². The molecule has 3 rings (SSSR count). The minimum atomic E-state index is -0.719. The van der Waals surface area contributed by atoms with E-state index in [1.165, 1.54) is 0 Å². The summed E-state index contributed by atoms with van der Waals surface area (Å²) in [6.45, 7) is 12.3. The first-order valence-electron chi connectivity index (χ1n) is 12.2. The predicted octanol–water partition coefficient (Wildman–Crippen LogP) is 3.37. The number of carbonyl (C=O) groups excluding carboxylic acids is 3. The Labute approximate surface area is 212 Å². The van der Waals surface area contributed by atoms with Crippen molar-refractivity contribution in [2.45, 2.75) is 52.7 Å². The second kappa shape index (κ2) is 11.8. The highest BCUT2D eigenvalue weighted by Gasteiger charge is 2.39. The third-order valence-corrected chi connectivity index (χ3v) is 6.57. The summed E-state index contributed by atoms with van der Waals surface area (Å²) in [5.74, 6) is -0.478. The summed E-state index contributed by atoms with van der Waals surface area (Å²) in [4.78, 5) is 44.5. The average molecular weight is 506 g/mol. The molecule has 2 aliphatic heterocycles. The van der Waals surface area contributed by atoms with Crippen LogP contribution >= 0.6 is 11.6 Å². The standard InChI is InChI=1S/C25H36ClN5O4/c1-6-30-20(15-29-12-13-31(17(5)14-29)24(33)27-16(3)4)21(23(32)35-7-2)22(28-25(30)34)18-10-8-9-11-19(18)26/h8-11,16-17,22H,6-7,12-15H2,1-5H3,(H,27,33)(H,28,34)/t17-,22+/m1/s1. The maximum Gasteiger partial charge on any atom is 0.338 e. The van der Waals surface area contributed by atoms with Gasteiger partial charge in [-0.15, -0.1) is 0 Å². The number of rotatable bonds is 7. The molecule has 2 aliphatic rings. The molecule has 0 unspecified atom stereocenters. The summed E-state index contributed by atoms with van der Waals surface area (Å²) in [5, 5.41) is 6.36. The van der Waals surface area contributed by atoms with Crippen LogP contribution in [0, 0.1) is 0 Å². The SMILES string of the molecule is CCOC(=O)C1=C(CN2CCN(C(=O)NC(C)C)[C@H](C)C2)N(CC)C(=O)N[C@H]1c1ccccc1Cl. The van der Waals surface area contributed by atoms with Gasteiger partial charge in [0, 0.05) is 55.5 Å². The van der Waals surface area contributed by atoms with Crippen LogP contribution in [0.4, 0.5) is 9.59 Å². The Bertz CT molecular complexity index is 982. The van der Waals surface area contributed by atoms with Crippen LogP contribution in [-0.2, 0) is 9.53 Å². The highest BCUT2D eigenvalue weighted by atomic mass is 35.5. The largest absolute Gasteiger partial charge is 0.463 e. The Morgan fingerprint density at radius 2 is 1.94 bits per heavy atom. The van der Waals surface area contributed by atoms with Crippen LogP contribution in [0.25, 0.3) is 0 Å². The minimum absolute atomic E-state index is 0.0269. The highest BCUT2D eigenvalue weighted by molar-refractivity contribution is 6.31. The van der Waals surface area contributed by atoms with Crippen molar-refractivity contribution < 1.29 is 19.1 Å². The molecule has 0 aliphatic carbocycles. The van der Waals surface area contributed by atoms with Crippen molar-refractivity contribution in [2.75, 3.05) is 39.3 Å². The Hall–Kier alpha value is -2.78. The molecule has 9 nitrogen and oxygen atoms in total. The molecule has 1 aromatic carbocycles. The van der Waals surface area contributed by atoms with E-state index in [4.69, 9.17) is 16.3 Å². The second-order valence-electron chi connectivity index (χ2n) is 9.11. The Kier molecular flexibility index (Phi) is 9.02. The van der Waals surface area contributed by atoms with Crippen molar-refractivity contribution in [3.8, 4) is 0 Å². The number of hydrogen-bond acceptors (Lipinski definition) is 5. The third-order valence-electron chi connectivity index (χ3n) is 6.22. The molecule has 1 aromatic rings. The molecule has 0 spiro atoms. The number of amides is 4. The molecule has 2 heterocycles. The van der Waals surface area contributed by atoms with E-state index in [1.54, 1.807) is 30.0 Å². The van der Waals surface area contributed by atoms with Gasteiger partial charge in [0.2, 0.25) is 0 Å². The van der Waals surface area contributed by atoms with E-state index in [0.717, 1.165) is 0 Å². The monoisotopic (exact) mass is 505 g/mol. The molecule has 0 saturated carbocycles. The molecule has 10 heteroatoms. The molecular weight excluding hydrogens is 470 g/mol. The van der Waals surface area contributed by atoms with E-state index in [0.29, 0.717) is 54.6 Å². The van der Waals surface area contributed by atoms with Gasteiger partial charge in [-0.1, -0.05) is 29.8 Å². The van der Waals surface area contributed by atoms with E-state index >= 15 is 0 Å². The van der Waals surface area contributed by atoms with Crippen molar-refractivity contribution in [1.29, 1.82) is 0 Å². The first kappa shape index (κ1) is 26.8. The van der Waals surface area contributed by atoms with E-state index in [9.17, 15) is 14.4 Å². The number of urea groups is 2. The van der Waals surface area contributed by atoms with E-state index in [-0.39, 0.29) is 30.8 Å². The number of benzene rings is 1. The number of nitrogens with zero attached hydrogens (tertiary/aromatic N) is 3. The average Bonchev–Trinajstić information content (AvgIpc) is 2.79. The van der Waals surface area contributed by atoms with E-state index in [2.05, 4.69) is 15.5 Å². The van der Waals surface area contributed by atoms with Crippen molar-refractivity contribution in [2.24, 2.45) is 0 Å². The number of piperazine rings is 1. The highest BCUT2D eigenvalue weighted by Crippen LogP contribution is 2.35. The maximum atomic E-state index is 13.2. The van der Waals surface area contributed by atoms with Crippen LogP contribution < -0.4 is 10.6 Å². The summed E-state index contributed by atoms with van der Waals surface area (Å²) < 4.78 is 5.43. The van der Waals surface area contributed by atoms with Crippen molar-refractivity contribution in [3.63, 3.8) is 0 Å². The Morgan fingerprint density at radius 3 is 2.54 bits per heavy atom. The zero-order valence-corrected chi connectivity index (χ0v) is 21.9. The van der Waals surface area contributed by atoms with E-state index < -0.39 is 12.0 Å². The first-order valence-corrected chi connectivity index (χ1v) is 12.6. The molecular formula is C25H36ClN5O4. The van der Waals surface area contributed by atoms with Crippen LogP contribution in [-0.4, -0.2) is 84.1 Å². The summed E-state index contributed by atoms with van der Waals surface area (Å²) in [5.41, 5.74) is 1.63. The third kappa shape index (κ3) is 6.08. The normalized spacial score (nSPS) is 21.3. The molecule has 2 N–H and O–H groups in total. The molecule has 2 atom stereocenters. The maximum absolute atomic E-state index is 13.2. The number of ether oxygens (including phenoxy) is 1. The van der Waals surface area contributed by atoms with Gasteiger partial charge >= 0.3 is 18.0 Å². The van der Waals surface area contributed by atoms with Crippen LogP contribution in [0.3, 0.4) is 0 Å². The summed E-state index contributed by atoms with van der Waals surface area (Å²) in [7, 11) is 0. The van der Waals surface area contributed by atoms with Crippen LogP contribution in [0.5, 0.6) is 0 Å². The fourth-order valence-corrected chi connectivity index (χ4v) is 4.86. The smallest absolute Gasteiger partial charge is 0.338 e. The molecule has 35 heavy (non-hydrogen) atoms. The summed E-state index contributed by atoms with van der Waals surface area (Å²) >= 11 is 6.47. The van der Waals surface area contributed by atoms with Crippen LogP contribution in [0.2, 0.25) is 5.02 Å². The van der Waals surface area contributed by atoms with Crippen molar-refractivity contribution in [3.05, 3.63) is 46.1 Å². The quantitative estimate of drug-likeness (QED) is 0.554. The lowest BCUT2D eigenvalue weighted by Gasteiger charge is -2.43. The fraction of sp³-hybridized carbons (Fsp3) is 0.560. The first-order chi connectivity index (χ1) is 16.7. The number of nitrogens with one attached hydrogen (secondary N) is 2. The van der Waals surface area contributed by atoms with Gasteiger partial charge in [0.25, 0.3) is 0 Å². The van der Waals surface area contributed by atoms with Crippen molar-refractivity contribution in [1.82, 2.24) is 25.3 Å². The number of hydrogen-bond donors (Lipinski definition) is 2. The molecule has 192 valence electrons. The molecule has 1 fully saturated rings. The fourth-order valence-electron chi connectivity index (χ4n) is 4.62. The number of carbonyl (C=O) groups is 3. The summed E-state index contributed by atoms with van der Waals surface area (Å²) in [6, 6.07) is 6.12.